The summed E-state index contributed by atoms with van der Waals surface area (Å²) in [5.41, 5.74) is 1.91. The molecule has 0 aliphatic carbocycles. The molecule has 1 amide bonds. The van der Waals surface area contributed by atoms with E-state index in [0.717, 1.165) is 42.7 Å². The molecule has 0 unspecified atom stereocenters. The van der Waals surface area contributed by atoms with E-state index >= 15 is 0 Å². The molecule has 0 bridgehead atoms. The van der Waals surface area contributed by atoms with Crippen molar-refractivity contribution < 1.29 is 9.53 Å². The van der Waals surface area contributed by atoms with Crippen LogP contribution >= 0.6 is 0 Å². The minimum Gasteiger partial charge on any atom is -0.489 e. The lowest BCUT2D eigenvalue weighted by atomic mass is 10.1. The largest absolute Gasteiger partial charge is 0.489 e. The van der Waals surface area contributed by atoms with Crippen LogP contribution in [0, 0.1) is 11.3 Å². The van der Waals surface area contributed by atoms with Crippen molar-refractivity contribution in [1.82, 2.24) is 4.90 Å². The van der Waals surface area contributed by atoms with Gasteiger partial charge in [0.2, 0.25) is 5.71 Å². The Balaban J connectivity index is 1.54. The van der Waals surface area contributed by atoms with Gasteiger partial charge in [0.25, 0.3) is 5.91 Å². The molecule has 2 heterocycles. The van der Waals surface area contributed by atoms with E-state index in [1.807, 2.05) is 65.7 Å². The molecule has 6 nitrogen and oxygen atoms in total. The van der Waals surface area contributed by atoms with Crippen molar-refractivity contribution in [1.29, 1.82) is 5.26 Å². The number of rotatable bonds is 4. The second-order valence-electron chi connectivity index (χ2n) is 7.00. The molecule has 0 saturated carbocycles. The van der Waals surface area contributed by atoms with Gasteiger partial charge in [0.1, 0.15) is 24.6 Å². The molecule has 1 atom stereocenters. The normalized spacial score (nSPS) is 19.3. The first kappa shape index (κ1) is 18.1. The highest BCUT2D eigenvalue weighted by molar-refractivity contribution is 6.45. The predicted molar refractivity (Wildman–Crippen MR) is 107 cm³/mol. The second-order valence-corrected chi connectivity index (χ2v) is 7.00. The van der Waals surface area contributed by atoms with Crippen LogP contribution in [-0.4, -0.2) is 29.2 Å². The second kappa shape index (κ2) is 8.13. The number of nitrogens with zero attached hydrogens (tertiary/aromatic N) is 4. The Morgan fingerprint density at radius 3 is 2.61 bits per heavy atom. The average Bonchev–Trinajstić information content (AvgIpc) is 3.00. The maximum absolute atomic E-state index is 12.5. The number of amides is 1. The Morgan fingerprint density at radius 2 is 1.86 bits per heavy atom. The lowest BCUT2D eigenvalue weighted by Gasteiger charge is -2.40. The number of anilines is 1. The molecule has 0 N–H and O–H groups in total. The van der Waals surface area contributed by atoms with Gasteiger partial charge in [0.05, 0.1) is 5.69 Å². The van der Waals surface area contributed by atoms with Crippen LogP contribution in [0.1, 0.15) is 31.2 Å². The highest BCUT2D eigenvalue weighted by Crippen LogP contribution is 2.30. The Labute approximate surface area is 164 Å². The topological polar surface area (TPSA) is 68.9 Å². The summed E-state index contributed by atoms with van der Waals surface area (Å²) >= 11 is 0. The Bertz CT molecular complexity index is 902. The zero-order valence-corrected chi connectivity index (χ0v) is 15.6. The lowest BCUT2D eigenvalue weighted by Crippen LogP contribution is -2.55. The number of hydrogen-bond acceptors (Lipinski definition) is 5. The smallest absolute Gasteiger partial charge is 0.286 e. The van der Waals surface area contributed by atoms with E-state index in [1.165, 1.54) is 0 Å². The van der Waals surface area contributed by atoms with Gasteiger partial charge in [0.15, 0.2) is 0 Å². The molecule has 0 aromatic heterocycles. The van der Waals surface area contributed by atoms with Crippen molar-refractivity contribution >= 4 is 17.3 Å². The van der Waals surface area contributed by atoms with Gasteiger partial charge in [-0.25, -0.2) is 5.01 Å². The minimum atomic E-state index is -0.256. The fraction of sp³-hybridized carbons (Fsp3) is 0.318. The molecular weight excluding hydrogens is 352 g/mol. The molecule has 142 valence electrons. The van der Waals surface area contributed by atoms with Crippen LogP contribution in [0.5, 0.6) is 5.75 Å². The van der Waals surface area contributed by atoms with E-state index in [-0.39, 0.29) is 17.8 Å². The van der Waals surface area contributed by atoms with Gasteiger partial charge in [-0.1, -0.05) is 36.8 Å². The quantitative estimate of drug-likeness (QED) is 0.818. The Hall–Kier alpha value is -3.33. The summed E-state index contributed by atoms with van der Waals surface area (Å²) in [6, 6.07) is 19.6. The van der Waals surface area contributed by atoms with Gasteiger partial charge < -0.3 is 9.64 Å². The summed E-state index contributed by atoms with van der Waals surface area (Å²) in [7, 11) is 0. The molecule has 0 radical (unpaired) electrons. The lowest BCUT2D eigenvalue weighted by molar-refractivity contribution is -0.126. The van der Waals surface area contributed by atoms with Crippen LogP contribution < -0.4 is 9.75 Å². The summed E-state index contributed by atoms with van der Waals surface area (Å²) in [5.74, 6) is 0.511. The van der Waals surface area contributed by atoms with E-state index in [2.05, 4.69) is 5.10 Å². The van der Waals surface area contributed by atoms with Crippen molar-refractivity contribution in [3.63, 3.8) is 0 Å². The van der Waals surface area contributed by atoms with E-state index < -0.39 is 0 Å². The van der Waals surface area contributed by atoms with Crippen molar-refractivity contribution in [3.8, 4) is 11.8 Å². The van der Waals surface area contributed by atoms with Gasteiger partial charge in [-0.3, -0.25) is 4.79 Å². The molecule has 1 fully saturated rings. The van der Waals surface area contributed by atoms with Gasteiger partial charge in [-0.2, -0.15) is 10.4 Å². The first-order valence-corrected chi connectivity index (χ1v) is 9.62. The molecule has 0 spiro atoms. The van der Waals surface area contributed by atoms with Crippen molar-refractivity contribution in [2.24, 2.45) is 5.10 Å². The summed E-state index contributed by atoms with van der Waals surface area (Å²) < 4.78 is 5.85. The van der Waals surface area contributed by atoms with Crippen LogP contribution in [0.3, 0.4) is 0 Å². The summed E-state index contributed by atoms with van der Waals surface area (Å²) in [6.45, 7) is 1.17. The Kier molecular flexibility index (Phi) is 5.24. The van der Waals surface area contributed by atoms with Crippen molar-refractivity contribution in [3.05, 3.63) is 60.2 Å². The summed E-state index contributed by atoms with van der Waals surface area (Å²) in [5, 5.41) is 15.5. The van der Waals surface area contributed by atoms with Gasteiger partial charge in [0, 0.05) is 6.54 Å². The van der Waals surface area contributed by atoms with Crippen LogP contribution in [-0.2, 0) is 11.4 Å². The highest BCUT2D eigenvalue weighted by Gasteiger charge is 2.37. The monoisotopic (exact) mass is 374 g/mol. The maximum atomic E-state index is 12.5. The van der Waals surface area contributed by atoms with Crippen LogP contribution in [0.15, 0.2) is 59.7 Å². The molecule has 6 heteroatoms. The molecule has 1 saturated heterocycles. The molecule has 4 rings (SSSR count). The molecule has 2 aromatic rings. The molecule has 2 aromatic carbocycles. The maximum Gasteiger partial charge on any atom is 0.286 e. The molecule has 28 heavy (non-hydrogen) atoms. The molecule has 2 aliphatic rings. The summed E-state index contributed by atoms with van der Waals surface area (Å²) in [6.07, 6.45) is 3.80. The molecular formula is C22H22N4O2. The number of hydrazone groups is 1. The van der Waals surface area contributed by atoms with Crippen LogP contribution in [0.2, 0.25) is 0 Å². The third-order valence-corrected chi connectivity index (χ3v) is 5.13. The zero-order chi connectivity index (χ0) is 19.3. The van der Waals surface area contributed by atoms with Crippen LogP contribution in [0.25, 0.3) is 0 Å². The fourth-order valence-corrected chi connectivity index (χ4v) is 3.67. The van der Waals surface area contributed by atoms with E-state index in [1.54, 1.807) is 4.90 Å². The SMILES string of the molecule is N#CC1=NN(c2ccc(OCc3ccccc3)cc2)[C@@H]2CCCCCN2C1=O. The third kappa shape index (κ3) is 3.70. The number of benzene rings is 2. The predicted octanol–water partition coefficient (Wildman–Crippen LogP) is 3.69. The Morgan fingerprint density at radius 1 is 1.07 bits per heavy atom. The van der Waals surface area contributed by atoms with E-state index in [0.29, 0.717) is 13.2 Å². The summed E-state index contributed by atoms with van der Waals surface area (Å²) in [4.78, 5) is 14.3. The van der Waals surface area contributed by atoms with E-state index in [4.69, 9.17) is 4.74 Å². The zero-order valence-electron chi connectivity index (χ0n) is 15.6. The highest BCUT2D eigenvalue weighted by atomic mass is 16.5. The van der Waals surface area contributed by atoms with Gasteiger partial charge in [-0.15, -0.1) is 0 Å². The number of carbonyl (C=O) groups is 1. The number of fused-ring (bicyclic) bond motifs is 1. The molecule has 2 aliphatic heterocycles. The minimum absolute atomic E-state index is 0.0532. The number of nitriles is 1. The number of hydrogen-bond donors (Lipinski definition) is 0. The third-order valence-electron chi connectivity index (χ3n) is 5.13. The fourth-order valence-electron chi connectivity index (χ4n) is 3.67. The van der Waals surface area contributed by atoms with E-state index in [9.17, 15) is 10.1 Å². The first-order valence-electron chi connectivity index (χ1n) is 9.62. The van der Waals surface area contributed by atoms with Gasteiger partial charge >= 0.3 is 0 Å². The van der Waals surface area contributed by atoms with Crippen LogP contribution in [0.4, 0.5) is 5.69 Å². The van der Waals surface area contributed by atoms with Crippen molar-refractivity contribution in [2.75, 3.05) is 11.6 Å². The first-order chi connectivity index (χ1) is 13.8. The average molecular weight is 374 g/mol. The standard InChI is InChI=1S/C22H22N4O2/c23-15-20-22(27)25-14-6-2-5-9-21(25)26(24-20)18-10-12-19(13-11-18)28-16-17-7-3-1-4-8-17/h1,3-4,7-8,10-13,21H,2,5-6,9,14,16H2/t21-/m1/s1. The van der Waals surface area contributed by atoms with Gasteiger partial charge in [-0.05, 0) is 49.1 Å². The van der Waals surface area contributed by atoms with Crippen molar-refractivity contribution in [2.45, 2.75) is 38.5 Å². The number of ether oxygens (including phenoxy) is 1. The number of carbonyl (C=O) groups excluding carboxylic acids is 1.